The fourth-order valence-corrected chi connectivity index (χ4v) is 1.89. The highest BCUT2D eigenvalue weighted by atomic mass is 16.5. The maximum Gasteiger partial charge on any atom is 0.242 e. The minimum Gasteiger partial charge on any atom is -0.481 e. The molecule has 2 rings (SSSR count). The molecule has 0 spiro atoms. The maximum absolute atomic E-state index is 12.1. The van der Waals surface area contributed by atoms with Crippen LogP contribution in [-0.4, -0.2) is 18.0 Å². The van der Waals surface area contributed by atoms with E-state index >= 15 is 0 Å². The van der Waals surface area contributed by atoms with Crippen LogP contribution in [0.15, 0.2) is 48.7 Å². The molecule has 0 aliphatic carbocycles. The normalized spacial score (nSPS) is 11.2. The van der Waals surface area contributed by atoms with Crippen LogP contribution in [0.3, 0.4) is 0 Å². The SMILES string of the molecule is COc1cc(CNC(=O)C(C#N)c2ccccc2)ccn1. The zero-order chi connectivity index (χ0) is 15.1. The summed E-state index contributed by atoms with van der Waals surface area (Å²) in [5.41, 5.74) is 1.55. The predicted molar refractivity (Wildman–Crippen MR) is 77.4 cm³/mol. The molecule has 0 saturated carbocycles. The van der Waals surface area contributed by atoms with Gasteiger partial charge in [0.15, 0.2) is 0 Å². The van der Waals surface area contributed by atoms with E-state index in [1.165, 1.54) is 7.11 Å². The van der Waals surface area contributed by atoms with E-state index in [4.69, 9.17) is 4.74 Å². The number of methoxy groups -OCH3 is 1. The van der Waals surface area contributed by atoms with Gasteiger partial charge in [-0.15, -0.1) is 0 Å². The predicted octanol–water partition coefficient (Wildman–Crippen LogP) is 2.01. The van der Waals surface area contributed by atoms with E-state index in [0.29, 0.717) is 18.0 Å². The van der Waals surface area contributed by atoms with Crippen LogP contribution in [0.25, 0.3) is 0 Å². The Morgan fingerprint density at radius 1 is 1.38 bits per heavy atom. The van der Waals surface area contributed by atoms with Gasteiger partial charge in [-0.2, -0.15) is 5.26 Å². The molecule has 0 fully saturated rings. The monoisotopic (exact) mass is 281 g/mol. The third-order valence-electron chi connectivity index (χ3n) is 3.00. The van der Waals surface area contributed by atoms with Crippen molar-refractivity contribution in [1.29, 1.82) is 5.26 Å². The third-order valence-corrected chi connectivity index (χ3v) is 3.00. The van der Waals surface area contributed by atoms with Gasteiger partial charge in [-0.3, -0.25) is 4.79 Å². The minimum atomic E-state index is -0.810. The van der Waals surface area contributed by atoms with Crippen molar-refractivity contribution >= 4 is 5.91 Å². The van der Waals surface area contributed by atoms with Crippen LogP contribution < -0.4 is 10.1 Å². The van der Waals surface area contributed by atoms with Crippen LogP contribution >= 0.6 is 0 Å². The van der Waals surface area contributed by atoms with Gasteiger partial charge >= 0.3 is 0 Å². The molecule has 1 unspecified atom stereocenters. The molecule has 1 heterocycles. The van der Waals surface area contributed by atoms with Crippen molar-refractivity contribution in [2.45, 2.75) is 12.5 Å². The van der Waals surface area contributed by atoms with Gasteiger partial charge in [-0.05, 0) is 17.2 Å². The number of nitriles is 1. The summed E-state index contributed by atoms with van der Waals surface area (Å²) in [5.74, 6) is -0.643. The Morgan fingerprint density at radius 2 is 2.14 bits per heavy atom. The number of amides is 1. The first-order chi connectivity index (χ1) is 10.2. The Morgan fingerprint density at radius 3 is 2.81 bits per heavy atom. The summed E-state index contributed by atoms with van der Waals surface area (Å²) in [6.45, 7) is 0.322. The van der Waals surface area contributed by atoms with Gasteiger partial charge in [-0.25, -0.2) is 4.98 Å². The first-order valence-electron chi connectivity index (χ1n) is 6.46. The largest absolute Gasteiger partial charge is 0.481 e. The number of ether oxygens (including phenoxy) is 1. The fraction of sp³-hybridized carbons (Fsp3) is 0.188. The van der Waals surface area contributed by atoms with Crippen molar-refractivity contribution in [3.05, 3.63) is 59.8 Å². The van der Waals surface area contributed by atoms with Crippen LogP contribution in [0.4, 0.5) is 0 Å². The summed E-state index contributed by atoms with van der Waals surface area (Å²) in [5, 5.41) is 11.9. The highest BCUT2D eigenvalue weighted by Crippen LogP contribution is 2.15. The Kier molecular flexibility index (Phi) is 4.89. The molecule has 0 saturated heterocycles. The van der Waals surface area contributed by atoms with Crippen molar-refractivity contribution in [3.8, 4) is 11.9 Å². The number of benzene rings is 1. The Hall–Kier alpha value is -2.87. The lowest BCUT2D eigenvalue weighted by molar-refractivity contribution is -0.121. The first kappa shape index (κ1) is 14.5. The quantitative estimate of drug-likeness (QED) is 0.909. The second-order valence-electron chi connectivity index (χ2n) is 4.40. The summed E-state index contributed by atoms with van der Waals surface area (Å²) < 4.78 is 5.02. The average Bonchev–Trinajstić information content (AvgIpc) is 2.55. The fourth-order valence-electron chi connectivity index (χ4n) is 1.89. The van der Waals surface area contributed by atoms with Gasteiger partial charge < -0.3 is 10.1 Å². The Balaban J connectivity index is 2.02. The highest BCUT2D eigenvalue weighted by molar-refractivity contribution is 5.86. The second kappa shape index (κ2) is 7.06. The zero-order valence-corrected chi connectivity index (χ0v) is 11.6. The molecule has 0 aliphatic heterocycles. The summed E-state index contributed by atoms with van der Waals surface area (Å²) in [6.07, 6.45) is 1.61. The number of nitrogens with zero attached hydrogens (tertiary/aromatic N) is 2. The number of aromatic nitrogens is 1. The van der Waals surface area contributed by atoms with E-state index in [-0.39, 0.29) is 5.91 Å². The van der Waals surface area contributed by atoms with E-state index in [1.807, 2.05) is 12.1 Å². The Labute approximate surface area is 123 Å². The molecule has 106 valence electrons. The van der Waals surface area contributed by atoms with Crippen LogP contribution in [0, 0.1) is 11.3 Å². The lowest BCUT2D eigenvalue weighted by atomic mass is 10.00. The third kappa shape index (κ3) is 3.80. The van der Waals surface area contributed by atoms with E-state index in [9.17, 15) is 10.1 Å². The number of nitrogens with one attached hydrogen (secondary N) is 1. The molecular weight excluding hydrogens is 266 g/mol. The molecule has 5 nitrogen and oxygen atoms in total. The lowest BCUT2D eigenvalue weighted by Crippen LogP contribution is -2.28. The molecular formula is C16H15N3O2. The van der Waals surface area contributed by atoms with Crippen molar-refractivity contribution in [1.82, 2.24) is 10.3 Å². The summed E-state index contributed by atoms with van der Waals surface area (Å²) >= 11 is 0. The van der Waals surface area contributed by atoms with Crippen molar-refractivity contribution < 1.29 is 9.53 Å². The molecule has 21 heavy (non-hydrogen) atoms. The van der Waals surface area contributed by atoms with Crippen LogP contribution in [-0.2, 0) is 11.3 Å². The zero-order valence-electron chi connectivity index (χ0n) is 11.6. The maximum atomic E-state index is 12.1. The first-order valence-corrected chi connectivity index (χ1v) is 6.46. The van der Waals surface area contributed by atoms with Crippen LogP contribution in [0.2, 0.25) is 0 Å². The van der Waals surface area contributed by atoms with Gasteiger partial charge in [0, 0.05) is 18.8 Å². The number of rotatable bonds is 5. The van der Waals surface area contributed by atoms with Gasteiger partial charge in [0.05, 0.1) is 13.2 Å². The molecule has 1 N–H and O–H groups in total. The van der Waals surface area contributed by atoms with E-state index < -0.39 is 5.92 Å². The number of hydrogen-bond acceptors (Lipinski definition) is 4. The van der Waals surface area contributed by atoms with Crippen molar-refractivity contribution in [2.24, 2.45) is 0 Å². The van der Waals surface area contributed by atoms with Gasteiger partial charge in [0.1, 0.15) is 5.92 Å². The molecule has 1 aromatic carbocycles. The summed E-state index contributed by atoms with van der Waals surface area (Å²) in [4.78, 5) is 16.1. The smallest absolute Gasteiger partial charge is 0.242 e. The molecule has 2 aromatic rings. The van der Waals surface area contributed by atoms with E-state index in [1.54, 1.807) is 42.6 Å². The molecule has 1 aromatic heterocycles. The van der Waals surface area contributed by atoms with Gasteiger partial charge in [-0.1, -0.05) is 30.3 Å². The number of carbonyl (C=O) groups is 1. The molecule has 1 amide bonds. The van der Waals surface area contributed by atoms with E-state index in [0.717, 1.165) is 5.56 Å². The van der Waals surface area contributed by atoms with Gasteiger partial charge in [0.2, 0.25) is 11.8 Å². The lowest BCUT2D eigenvalue weighted by Gasteiger charge is -2.11. The average molecular weight is 281 g/mol. The van der Waals surface area contributed by atoms with Gasteiger partial charge in [0.25, 0.3) is 0 Å². The Bertz CT molecular complexity index is 650. The molecule has 5 heteroatoms. The van der Waals surface area contributed by atoms with Crippen LogP contribution in [0.5, 0.6) is 5.88 Å². The molecule has 1 atom stereocenters. The molecule has 0 aliphatic rings. The highest BCUT2D eigenvalue weighted by Gasteiger charge is 2.19. The minimum absolute atomic E-state index is 0.320. The molecule has 0 radical (unpaired) electrons. The van der Waals surface area contributed by atoms with E-state index in [2.05, 4.69) is 10.3 Å². The summed E-state index contributed by atoms with van der Waals surface area (Å²) in [6, 6.07) is 14.5. The summed E-state index contributed by atoms with van der Waals surface area (Å²) in [7, 11) is 1.53. The topological polar surface area (TPSA) is 75.0 Å². The number of pyridine rings is 1. The molecule has 0 bridgehead atoms. The second-order valence-corrected chi connectivity index (χ2v) is 4.40. The number of hydrogen-bond donors (Lipinski definition) is 1. The van der Waals surface area contributed by atoms with Crippen LogP contribution in [0.1, 0.15) is 17.0 Å². The van der Waals surface area contributed by atoms with Crippen molar-refractivity contribution in [3.63, 3.8) is 0 Å². The number of carbonyl (C=O) groups excluding carboxylic acids is 1. The standard InChI is InChI=1S/C16H15N3O2/c1-21-15-9-12(7-8-18-15)11-19-16(20)14(10-17)13-5-3-2-4-6-13/h2-9,14H,11H2,1H3,(H,19,20). The van der Waals surface area contributed by atoms with Crippen molar-refractivity contribution in [2.75, 3.05) is 7.11 Å².